The number of ether oxygens (including phenoxy) is 1. The van der Waals surface area contributed by atoms with Gasteiger partial charge in [-0.2, -0.15) is 10.5 Å². The average molecular weight is 404 g/mol. The lowest BCUT2D eigenvalue weighted by atomic mass is 9.77. The molecule has 3 unspecified atom stereocenters. The van der Waals surface area contributed by atoms with Crippen LogP contribution in [-0.4, -0.2) is 24.4 Å². The number of carbonyl (C=O) groups excluding carboxylic acids is 3. The smallest absolute Gasteiger partial charge is 0.324 e. The first kappa shape index (κ1) is 22.1. The number of nitrogens with one attached hydrogen (secondary N) is 2. The Labute approximate surface area is 174 Å². The van der Waals surface area contributed by atoms with Crippen LogP contribution in [0.1, 0.15) is 28.8 Å². The highest BCUT2D eigenvalue weighted by Gasteiger charge is 2.40. The second-order valence-corrected chi connectivity index (χ2v) is 6.21. The van der Waals surface area contributed by atoms with Gasteiger partial charge in [0, 0.05) is 11.5 Å². The standard InChI is InChI=1S/C22H20N4O4/c1-2-30-22(29)18(14-24)19(15-9-5-3-6-10-15)17(13-23)21(28)26-25-20(27)16-11-7-4-8-12-16/h3-12,17-19H,2H2,1H3,(H,25,27)(H,26,28). The number of benzene rings is 2. The average Bonchev–Trinajstić information content (AvgIpc) is 2.78. The van der Waals surface area contributed by atoms with E-state index in [1.54, 1.807) is 67.6 Å². The van der Waals surface area contributed by atoms with Crippen LogP contribution < -0.4 is 10.9 Å². The molecule has 8 nitrogen and oxygen atoms in total. The lowest BCUT2D eigenvalue weighted by molar-refractivity contribution is -0.147. The lowest BCUT2D eigenvalue weighted by Crippen LogP contribution is -2.46. The highest BCUT2D eigenvalue weighted by molar-refractivity contribution is 5.96. The molecule has 0 bridgehead atoms. The van der Waals surface area contributed by atoms with Gasteiger partial charge in [-0.3, -0.25) is 25.2 Å². The van der Waals surface area contributed by atoms with Crippen LogP contribution in [0.2, 0.25) is 0 Å². The van der Waals surface area contributed by atoms with E-state index in [4.69, 9.17) is 4.74 Å². The van der Waals surface area contributed by atoms with Crippen LogP contribution in [0.4, 0.5) is 0 Å². The summed E-state index contributed by atoms with van der Waals surface area (Å²) in [4.78, 5) is 37.2. The number of esters is 1. The van der Waals surface area contributed by atoms with E-state index in [-0.39, 0.29) is 6.61 Å². The first-order chi connectivity index (χ1) is 14.5. The molecule has 0 spiro atoms. The Morgan fingerprint density at radius 3 is 2.00 bits per heavy atom. The molecule has 0 saturated carbocycles. The van der Waals surface area contributed by atoms with Crippen molar-refractivity contribution in [1.82, 2.24) is 10.9 Å². The molecular formula is C22H20N4O4. The predicted octanol–water partition coefficient (Wildman–Crippen LogP) is 2.07. The Morgan fingerprint density at radius 1 is 0.900 bits per heavy atom. The molecule has 2 N–H and O–H groups in total. The van der Waals surface area contributed by atoms with Crippen molar-refractivity contribution >= 4 is 17.8 Å². The molecule has 0 radical (unpaired) electrons. The molecule has 8 heteroatoms. The number of hydrazine groups is 1. The van der Waals surface area contributed by atoms with E-state index >= 15 is 0 Å². The number of rotatable bonds is 7. The third-order valence-corrected chi connectivity index (χ3v) is 4.34. The first-order valence-electron chi connectivity index (χ1n) is 9.19. The second kappa shape index (κ2) is 11.0. The fourth-order valence-corrected chi connectivity index (χ4v) is 2.92. The highest BCUT2D eigenvalue weighted by Crippen LogP contribution is 2.33. The molecule has 0 aliphatic carbocycles. The van der Waals surface area contributed by atoms with Gasteiger partial charge < -0.3 is 4.74 Å². The number of hydrogen-bond donors (Lipinski definition) is 2. The van der Waals surface area contributed by atoms with E-state index in [0.29, 0.717) is 11.1 Å². The van der Waals surface area contributed by atoms with E-state index in [2.05, 4.69) is 10.9 Å². The van der Waals surface area contributed by atoms with Crippen molar-refractivity contribution < 1.29 is 19.1 Å². The topological polar surface area (TPSA) is 132 Å². The Morgan fingerprint density at radius 2 is 1.47 bits per heavy atom. The molecule has 0 aliphatic heterocycles. The quantitative estimate of drug-likeness (QED) is 0.536. The molecule has 2 aromatic rings. The lowest BCUT2D eigenvalue weighted by Gasteiger charge is -2.25. The van der Waals surface area contributed by atoms with Gasteiger partial charge in [0.15, 0.2) is 5.92 Å². The molecule has 0 saturated heterocycles. The van der Waals surface area contributed by atoms with Gasteiger partial charge in [-0.1, -0.05) is 48.5 Å². The molecule has 0 aliphatic rings. The first-order valence-corrected chi connectivity index (χ1v) is 9.19. The summed E-state index contributed by atoms with van der Waals surface area (Å²) in [7, 11) is 0. The normalized spacial score (nSPS) is 12.9. The third-order valence-electron chi connectivity index (χ3n) is 4.34. The predicted molar refractivity (Wildman–Crippen MR) is 106 cm³/mol. The van der Waals surface area contributed by atoms with E-state index in [0.717, 1.165) is 0 Å². The largest absolute Gasteiger partial charge is 0.465 e. The van der Waals surface area contributed by atoms with Crippen molar-refractivity contribution in [1.29, 1.82) is 10.5 Å². The van der Waals surface area contributed by atoms with Gasteiger partial charge in [0.05, 0.1) is 18.7 Å². The van der Waals surface area contributed by atoms with Crippen LogP contribution >= 0.6 is 0 Å². The summed E-state index contributed by atoms with van der Waals surface area (Å²) in [6.07, 6.45) is 0. The molecule has 30 heavy (non-hydrogen) atoms. The van der Waals surface area contributed by atoms with Gasteiger partial charge >= 0.3 is 5.97 Å². The Kier molecular flexibility index (Phi) is 8.10. The minimum absolute atomic E-state index is 0.0507. The van der Waals surface area contributed by atoms with Crippen molar-refractivity contribution in [2.75, 3.05) is 6.61 Å². The minimum atomic E-state index is -1.43. The molecule has 2 aromatic carbocycles. The summed E-state index contributed by atoms with van der Waals surface area (Å²) in [5.74, 6) is -6.14. The zero-order valence-corrected chi connectivity index (χ0v) is 16.2. The summed E-state index contributed by atoms with van der Waals surface area (Å²) in [5.41, 5.74) is 5.22. The van der Waals surface area contributed by atoms with Gasteiger partial charge in [0.25, 0.3) is 11.8 Å². The van der Waals surface area contributed by atoms with Crippen LogP contribution in [0.15, 0.2) is 60.7 Å². The maximum Gasteiger partial charge on any atom is 0.324 e. The Bertz CT molecular complexity index is 964. The number of carbonyl (C=O) groups is 3. The number of hydrogen-bond acceptors (Lipinski definition) is 6. The Hall–Kier alpha value is -4.17. The zero-order valence-electron chi connectivity index (χ0n) is 16.2. The number of nitrogens with zero attached hydrogens (tertiary/aromatic N) is 2. The molecule has 152 valence electrons. The van der Waals surface area contributed by atoms with Gasteiger partial charge in [-0.15, -0.1) is 0 Å². The molecule has 0 heterocycles. The summed E-state index contributed by atoms with van der Waals surface area (Å²) in [6, 6.07) is 20.2. The minimum Gasteiger partial charge on any atom is -0.465 e. The fourth-order valence-electron chi connectivity index (χ4n) is 2.92. The van der Waals surface area contributed by atoms with E-state index in [1.165, 1.54) is 0 Å². The van der Waals surface area contributed by atoms with Gasteiger partial charge in [-0.25, -0.2) is 0 Å². The van der Waals surface area contributed by atoms with E-state index in [1.807, 2.05) is 12.1 Å². The van der Waals surface area contributed by atoms with Gasteiger partial charge in [-0.05, 0) is 24.6 Å². The van der Waals surface area contributed by atoms with Crippen LogP contribution in [0.3, 0.4) is 0 Å². The zero-order chi connectivity index (χ0) is 21.9. The van der Waals surface area contributed by atoms with Crippen LogP contribution in [0.25, 0.3) is 0 Å². The van der Waals surface area contributed by atoms with Crippen LogP contribution in [-0.2, 0) is 14.3 Å². The van der Waals surface area contributed by atoms with E-state index in [9.17, 15) is 24.9 Å². The fraction of sp³-hybridized carbons (Fsp3) is 0.227. The summed E-state index contributed by atoms with van der Waals surface area (Å²) >= 11 is 0. The SMILES string of the molecule is CCOC(=O)C(C#N)C(c1ccccc1)C(C#N)C(=O)NNC(=O)c1ccccc1. The Balaban J connectivity index is 2.27. The highest BCUT2D eigenvalue weighted by atomic mass is 16.5. The monoisotopic (exact) mass is 404 g/mol. The molecule has 2 amide bonds. The maximum absolute atomic E-state index is 12.7. The van der Waals surface area contributed by atoms with Crippen molar-refractivity contribution in [2.45, 2.75) is 12.8 Å². The van der Waals surface area contributed by atoms with Gasteiger partial charge in [0.1, 0.15) is 5.92 Å². The summed E-state index contributed by atoms with van der Waals surface area (Å²) in [5, 5.41) is 19.3. The van der Waals surface area contributed by atoms with Gasteiger partial charge in [0.2, 0.25) is 0 Å². The molecule has 0 fully saturated rings. The van der Waals surface area contributed by atoms with Crippen molar-refractivity contribution in [3.05, 3.63) is 71.8 Å². The number of amides is 2. The number of nitriles is 2. The molecule has 3 atom stereocenters. The summed E-state index contributed by atoms with van der Waals surface area (Å²) in [6.45, 7) is 1.65. The van der Waals surface area contributed by atoms with Crippen molar-refractivity contribution in [3.63, 3.8) is 0 Å². The molecule has 2 rings (SSSR count). The van der Waals surface area contributed by atoms with E-state index < -0.39 is 35.5 Å². The second-order valence-electron chi connectivity index (χ2n) is 6.21. The maximum atomic E-state index is 12.7. The van der Waals surface area contributed by atoms with Crippen LogP contribution in [0, 0.1) is 34.5 Å². The molecular weight excluding hydrogens is 384 g/mol. The van der Waals surface area contributed by atoms with Crippen LogP contribution in [0.5, 0.6) is 0 Å². The van der Waals surface area contributed by atoms with Crippen molar-refractivity contribution in [3.8, 4) is 12.1 Å². The third kappa shape index (κ3) is 5.43. The van der Waals surface area contributed by atoms with Crippen molar-refractivity contribution in [2.24, 2.45) is 11.8 Å². The molecule has 0 aromatic heterocycles. The summed E-state index contributed by atoms with van der Waals surface area (Å²) < 4.78 is 4.96.